The molecule has 1 fully saturated rings. The normalized spacial score (nSPS) is 20.3. The van der Waals surface area contributed by atoms with Crippen LogP contribution in [0.4, 0.5) is 17.6 Å². The molecule has 0 spiro atoms. The molecule has 154 valence electrons. The number of imidazole rings is 1. The maximum Gasteiger partial charge on any atom is 0.391 e. The van der Waals surface area contributed by atoms with Crippen molar-refractivity contribution >= 4 is 11.2 Å². The van der Waals surface area contributed by atoms with E-state index in [9.17, 15) is 22.4 Å². The zero-order chi connectivity index (χ0) is 20.8. The summed E-state index contributed by atoms with van der Waals surface area (Å²) in [7, 11) is 0. The molecular formula is C20H20F4N4O. The summed E-state index contributed by atoms with van der Waals surface area (Å²) in [5.74, 6) is -1.66. The summed E-state index contributed by atoms with van der Waals surface area (Å²) in [6.07, 6.45) is -2.12. The number of hydrogen-bond donors (Lipinski definition) is 0. The Balaban J connectivity index is 1.84. The fourth-order valence-corrected chi connectivity index (χ4v) is 4.04. The Morgan fingerprint density at radius 2 is 1.76 bits per heavy atom. The van der Waals surface area contributed by atoms with Crippen LogP contribution in [-0.4, -0.2) is 25.3 Å². The summed E-state index contributed by atoms with van der Waals surface area (Å²) >= 11 is 0. The molecule has 0 atom stereocenters. The van der Waals surface area contributed by atoms with Crippen molar-refractivity contribution in [2.45, 2.75) is 51.2 Å². The minimum absolute atomic E-state index is 0.00146. The highest BCUT2D eigenvalue weighted by molar-refractivity contribution is 5.70. The molecule has 4 rings (SSSR count). The Morgan fingerprint density at radius 1 is 1.10 bits per heavy atom. The summed E-state index contributed by atoms with van der Waals surface area (Å²) < 4.78 is 55.7. The SMILES string of the molecule is CCn1cnc2c(=O)n(-c3ccc(F)cc3)c([C@H]3CC[C@@H](C(F)(F)F)CC3)nc21. The summed E-state index contributed by atoms with van der Waals surface area (Å²) in [5, 5.41) is 0. The molecule has 0 N–H and O–H groups in total. The lowest BCUT2D eigenvalue weighted by molar-refractivity contribution is -0.182. The van der Waals surface area contributed by atoms with Gasteiger partial charge < -0.3 is 4.57 Å². The van der Waals surface area contributed by atoms with Crippen LogP contribution in [0.1, 0.15) is 44.3 Å². The molecule has 0 saturated heterocycles. The van der Waals surface area contributed by atoms with Crippen LogP contribution in [-0.2, 0) is 6.54 Å². The standard InChI is InChI=1S/C20H20F4N4O/c1-2-27-11-25-16-18(27)26-17(12-3-5-13(6-4-12)20(22,23)24)28(19(16)29)15-9-7-14(21)8-10-15/h7-13H,2-6H2,1H3/t12-,13+. The monoisotopic (exact) mass is 408 g/mol. The van der Waals surface area contributed by atoms with Crippen molar-refractivity contribution in [1.82, 2.24) is 19.1 Å². The fraction of sp³-hybridized carbons (Fsp3) is 0.450. The third-order valence-corrected chi connectivity index (χ3v) is 5.65. The molecule has 0 unspecified atom stereocenters. The maximum atomic E-state index is 13.4. The van der Waals surface area contributed by atoms with Gasteiger partial charge in [0.15, 0.2) is 11.2 Å². The Kier molecular flexibility index (Phi) is 4.92. The summed E-state index contributed by atoms with van der Waals surface area (Å²) in [6.45, 7) is 2.45. The van der Waals surface area contributed by atoms with Crippen LogP contribution in [0.25, 0.3) is 16.9 Å². The Hall–Kier alpha value is -2.71. The van der Waals surface area contributed by atoms with Crippen LogP contribution >= 0.6 is 0 Å². The number of aryl methyl sites for hydroxylation is 1. The van der Waals surface area contributed by atoms with Gasteiger partial charge in [0.2, 0.25) is 0 Å². The van der Waals surface area contributed by atoms with E-state index in [1.807, 2.05) is 6.92 Å². The van der Waals surface area contributed by atoms with Gasteiger partial charge in [-0.25, -0.2) is 14.4 Å². The molecule has 1 aliphatic carbocycles. The molecule has 0 bridgehead atoms. The molecule has 2 aromatic heterocycles. The van der Waals surface area contributed by atoms with E-state index < -0.39 is 23.5 Å². The third kappa shape index (κ3) is 3.54. The van der Waals surface area contributed by atoms with Crippen LogP contribution in [0, 0.1) is 11.7 Å². The molecule has 3 aromatic rings. The zero-order valence-electron chi connectivity index (χ0n) is 15.8. The maximum absolute atomic E-state index is 13.4. The van der Waals surface area contributed by atoms with Gasteiger partial charge in [0.05, 0.1) is 17.9 Å². The van der Waals surface area contributed by atoms with Crippen molar-refractivity contribution in [1.29, 1.82) is 0 Å². The quantitative estimate of drug-likeness (QED) is 0.597. The largest absolute Gasteiger partial charge is 0.391 e. The van der Waals surface area contributed by atoms with Crippen LogP contribution in [0.3, 0.4) is 0 Å². The predicted octanol–water partition coefficient (Wildman–Crippen LogP) is 4.58. The highest BCUT2D eigenvalue weighted by Crippen LogP contribution is 2.42. The average Bonchev–Trinajstić information content (AvgIpc) is 3.12. The molecular weight excluding hydrogens is 388 g/mol. The second-order valence-electron chi connectivity index (χ2n) is 7.38. The zero-order valence-corrected chi connectivity index (χ0v) is 15.8. The lowest BCUT2D eigenvalue weighted by Crippen LogP contribution is -2.31. The number of nitrogens with zero attached hydrogens (tertiary/aromatic N) is 4. The lowest BCUT2D eigenvalue weighted by atomic mass is 9.81. The summed E-state index contributed by atoms with van der Waals surface area (Å²) in [6, 6.07) is 5.40. The van der Waals surface area contributed by atoms with Crippen molar-refractivity contribution < 1.29 is 17.6 Å². The van der Waals surface area contributed by atoms with Gasteiger partial charge in [0.1, 0.15) is 11.6 Å². The molecule has 0 amide bonds. The highest BCUT2D eigenvalue weighted by Gasteiger charge is 2.42. The van der Waals surface area contributed by atoms with E-state index >= 15 is 0 Å². The Labute approximate surface area is 164 Å². The summed E-state index contributed by atoms with van der Waals surface area (Å²) in [5.41, 5.74) is 0.624. The van der Waals surface area contributed by atoms with E-state index in [0.29, 0.717) is 23.7 Å². The molecule has 1 aromatic carbocycles. The highest BCUT2D eigenvalue weighted by atomic mass is 19.4. The topological polar surface area (TPSA) is 52.7 Å². The van der Waals surface area contributed by atoms with E-state index in [1.165, 1.54) is 35.2 Å². The molecule has 5 nitrogen and oxygen atoms in total. The molecule has 1 saturated carbocycles. The van der Waals surface area contributed by atoms with Crippen LogP contribution < -0.4 is 5.56 Å². The van der Waals surface area contributed by atoms with Gasteiger partial charge in [-0.1, -0.05) is 0 Å². The van der Waals surface area contributed by atoms with Crippen molar-refractivity contribution in [3.63, 3.8) is 0 Å². The minimum Gasteiger partial charge on any atom is -0.315 e. The van der Waals surface area contributed by atoms with Gasteiger partial charge in [-0.05, 0) is 56.9 Å². The lowest BCUT2D eigenvalue weighted by Gasteiger charge is -2.30. The fourth-order valence-electron chi connectivity index (χ4n) is 4.04. The second-order valence-corrected chi connectivity index (χ2v) is 7.38. The van der Waals surface area contributed by atoms with E-state index in [1.54, 1.807) is 4.57 Å². The van der Waals surface area contributed by atoms with E-state index in [-0.39, 0.29) is 37.1 Å². The molecule has 1 aliphatic rings. The number of halogens is 4. The first-order chi connectivity index (χ1) is 13.8. The van der Waals surface area contributed by atoms with Crippen LogP contribution in [0.5, 0.6) is 0 Å². The van der Waals surface area contributed by atoms with Gasteiger partial charge in [0.25, 0.3) is 5.56 Å². The Bertz CT molecular complexity index is 1080. The van der Waals surface area contributed by atoms with Crippen LogP contribution in [0.2, 0.25) is 0 Å². The van der Waals surface area contributed by atoms with Gasteiger partial charge in [-0.3, -0.25) is 9.36 Å². The van der Waals surface area contributed by atoms with Crippen molar-refractivity contribution in [2.75, 3.05) is 0 Å². The smallest absolute Gasteiger partial charge is 0.315 e. The number of aromatic nitrogens is 4. The molecule has 0 aliphatic heterocycles. The van der Waals surface area contributed by atoms with Crippen molar-refractivity contribution in [3.05, 3.63) is 52.6 Å². The van der Waals surface area contributed by atoms with Crippen molar-refractivity contribution in [3.8, 4) is 5.69 Å². The molecule has 29 heavy (non-hydrogen) atoms. The number of fused-ring (bicyclic) bond motifs is 1. The number of rotatable bonds is 3. The van der Waals surface area contributed by atoms with E-state index in [0.717, 1.165) is 0 Å². The minimum atomic E-state index is -4.21. The predicted molar refractivity (Wildman–Crippen MR) is 99.5 cm³/mol. The van der Waals surface area contributed by atoms with Gasteiger partial charge in [0, 0.05) is 12.5 Å². The first kappa shape index (κ1) is 19.6. The summed E-state index contributed by atoms with van der Waals surface area (Å²) in [4.78, 5) is 22.0. The molecule has 0 radical (unpaired) electrons. The first-order valence-corrected chi connectivity index (χ1v) is 9.60. The van der Waals surface area contributed by atoms with E-state index in [2.05, 4.69) is 9.97 Å². The molecule has 9 heteroatoms. The third-order valence-electron chi connectivity index (χ3n) is 5.65. The Morgan fingerprint density at radius 3 is 2.34 bits per heavy atom. The van der Waals surface area contributed by atoms with E-state index in [4.69, 9.17) is 0 Å². The number of alkyl halides is 3. The first-order valence-electron chi connectivity index (χ1n) is 9.60. The van der Waals surface area contributed by atoms with Crippen LogP contribution in [0.15, 0.2) is 35.4 Å². The van der Waals surface area contributed by atoms with Gasteiger partial charge in [-0.15, -0.1) is 0 Å². The number of benzene rings is 1. The number of hydrogen-bond acceptors (Lipinski definition) is 3. The second kappa shape index (κ2) is 7.27. The average molecular weight is 408 g/mol. The molecule has 2 heterocycles. The van der Waals surface area contributed by atoms with Gasteiger partial charge in [-0.2, -0.15) is 13.2 Å². The van der Waals surface area contributed by atoms with Crippen molar-refractivity contribution in [2.24, 2.45) is 5.92 Å². The van der Waals surface area contributed by atoms with Gasteiger partial charge >= 0.3 is 6.18 Å².